The first-order valence-electron chi connectivity index (χ1n) is 8.25. The molecule has 1 fully saturated rings. The van der Waals surface area contributed by atoms with Crippen LogP contribution in [-0.4, -0.2) is 36.3 Å². The van der Waals surface area contributed by atoms with Crippen LogP contribution in [0.1, 0.15) is 12.0 Å². The van der Waals surface area contributed by atoms with Crippen LogP contribution in [0.15, 0.2) is 69.3 Å². The van der Waals surface area contributed by atoms with Crippen LogP contribution < -0.4 is 0 Å². The third-order valence-electron chi connectivity index (χ3n) is 3.78. The van der Waals surface area contributed by atoms with Crippen LogP contribution in [0.3, 0.4) is 0 Å². The first kappa shape index (κ1) is 18.8. The Kier molecular flexibility index (Phi) is 6.55. The van der Waals surface area contributed by atoms with Crippen molar-refractivity contribution in [3.05, 3.63) is 65.1 Å². The van der Waals surface area contributed by atoms with E-state index in [4.69, 9.17) is 4.74 Å². The molecule has 26 heavy (non-hydrogen) atoms. The number of carbonyl (C=O) groups is 2. The van der Waals surface area contributed by atoms with Crippen LogP contribution in [0, 0.1) is 0 Å². The molecule has 2 aromatic carbocycles. The zero-order valence-electron chi connectivity index (χ0n) is 14.4. The minimum absolute atomic E-state index is 0.217. The molecular formula is C20H19NO3S2. The van der Waals surface area contributed by atoms with Crippen molar-refractivity contribution >= 4 is 40.7 Å². The molecule has 0 saturated carbocycles. The van der Waals surface area contributed by atoms with Gasteiger partial charge in [0.25, 0.3) is 11.1 Å². The number of amides is 2. The normalized spacial score (nSPS) is 15.9. The lowest BCUT2D eigenvalue weighted by Crippen LogP contribution is -2.29. The van der Waals surface area contributed by atoms with E-state index in [9.17, 15) is 9.59 Å². The molecule has 1 aliphatic heterocycles. The van der Waals surface area contributed by atoms with E-state index in [-0.39, 0.29) is 11.1 Å². The Morgan fingerprint density at radius 1 is 1.08 bits per heavy atom. The first-order valence-corrected chi connectivity index (χ1v) is 9.88. The van der Waals surface area contributed by atoms with Crippen LogP contribution in [0.25, 0.3) is 6.08 Å². The average molecular weight is 386 g/mol. The molecule has 1 aliphatic rings. The molecule has 0 aromatic heterocycles. The van der Waals surface area contributed by atoms with Crippen molar-refractivity contribution in [3.8, 4) is 0 Å². The highest BCUT2D eigenvalue weighted by Crippen LogP contribution is 2.36. The molecule has 2 aromatic rings. The molecule has 0 aliphatic carbocycles. The highest BCUT2D eigenvalue weighted by molar-refractivity contribution is 8.18. The van der Waals surface area contributed by atoms with E-state index < -0.39 is 0 Å². The van der Waals surface area contributed by atoms with Gasteiger partial charge in [-0.2, -0.15) is 0 Å². The van der Waals surface area contributed by atoms with Crippen LogP contribution in [0.5, 0.6) is 0 Å². The number of nitrogens with zero attached hydrogens (tertiary/aromatic N) is 1. The van der Waals surface area contributed by atoms with E-state index in [1.54, 1.807) is 18.9 Å². The van der Waals surface area contributed by atoms with Crippen LogP contribution in [0.4, 0.5) is 4.79 Å². The molecule has 134 valence electrons. The second-order valence-corrected chi connectivity index (χ2v) is 7.74. The number of carbonyl (C=O) groups excluding carboxylic acids is 2. The van der Waals surface area contributed by atoms with Crippen molar-refractivity contribution in [2.75, 3.05) is 20.3 Å². The summed E-state index contributed by atoms with van der Waals surface area (Å²) >= 11 is 2.64. The third-order valence-corrected chi connectivity index (χ3v) is 5.79. The third kappa shape index (κ3) is 4.58. The fourth-order valence-electron chi connectivity index (χ4n) is 2.51. The van der Waals surface area contributed by atoms with Gasteiger partial charge in [-0.1, -0.05) is 48.2 Å². The second-order valence-electron chi connectivity index (χ2n) is 5.63. The molecule has 1 heterocycles. The summed E-state index contributed by atoms with van der Waals surface area (Å²) < 4.78 is 4.99. The molecule has 2 amide bonds. The largest absolute Gasteiger partial charge is 0.385 e. The molecule has 4 nitrogen and oxygen atoms in total. The first-order chi connectivity index (χ1) is 12.7. The highest BCUT2D eigenvalue weighted by atomic mass is 32.2. The van der Waals surface area contributed by atoms with Crippen LogP contribution in [0.2, 0.25) is 0 Å². The van der Waals surface area contributed by atoms with E-state index in [2.05, 4.69) is 0 Å². The summed E-state index contributed by atoms with van der Waals surface area (Å²) in [7, 11) is 1.61. The maximum atomic E-state index is 12.6. The van der Waals surface area contributed by atoms with Gasteiger partial charge in [-0.25, -0.2) is 0 Å². The van der Waals surface area contributed by atoms with Gasteiger partial charge in [-0.15, -0.1) is 0 Å². The number of thioether (sulfide) groups is 1. The van der Waals surface area contributed by atoms with E-state index in [0.29, 0.717) is 24.5 Å². The maximum Gasteiger partial charge on any atom is 0.293 e. The molecule has 0 radical (unpaired) electrons. The van der Waals surface area contributed by atoms with Crippen molar-refractivity contribution in [3.63, 3.8) is 0 Å². The van der Waals surface area contributed by atoms with Gasteiger partial charge >= 0.3 is 0 Å². The molecule has 1 saturated heterocycles. The molecule has 0 spiro atoms. The summed E-state index contributed by atoms with van der Waals surface area (Å²) in [6, 6.07) is 18.0. The highest BCUT2D eigenvalue weighted by Gasteiger charge is 2.34. The Labute approximate surface area is 161 Å². The van der Waals surface area contributed by atoms with Crippen molar-refractivity contribution in [1.29, 1.82) is 0 Å². The van der Waals surface area contributed by atoms with Gasteiger partial charge in [0.05, 0.1) is 4.91 Å². The molecule has 0 bridgehead atoms. The zero-order chi connectivity index (χ0) is 18.4. The number of methoxy groups -OCH3 is 1. The lowest BCUT2D eigenvalue weighted by atomic mass is 10.2. The maximum absolute atomic E-state index is 12.6. The van der Waals surface area contributed by atoms with Gasteiger partial charge in [-0.3, -0.25) is 14.5 Å². The molecule has 3 rings (SSSR count). The van der Waals surface area contributed by atoms with Gasteiger partial charge in [0.15, 0.2) is 0 Å². The molecule has 0 N–H and O–H groups in total. The van der Waals surface area contributed by atoms with E-state index in [1.165, 1.54) is 4.90 Å². The number of hydrogen-bond acceptors (Lipinski definition) is 5. The molecular weight excluding hydrogens is 366 g/mol. The Balaban J connectivity index is 1.80. The fourth-order valence-corrected chi connectivity index (χ4v) is 4.30. The topological polar surface area (TPSA) is 46.6 Å². The standard InChI is InChI=1S/C20H19NO3S2/c1-24-13-7-12-21-19(22)18(26-20(21)23)14-15-8-5-6-11-17(15)25-16-9-3-2-4-10-16/h2-6,8-11,14H,7,12-13H2,1H3/b18-14-. The Bertz CT molecular complexity index is 821. The number of benzene rings is 2. The van der Waals surface area contributed by atoms with Gasteiger partial charge in [-0.05, 0) is 48.0 Å². The summed E-state index contributed by atoms with van der Waals surface area (Å²) in [6.45, 7) is 0.910. The Morgan fingerprint density at radius 3 is 2.58 bits per heavy atom. The van der Waals surface area contributed by atoms with Gasteiger partial charge in [0.2, 0.25) is 0 Å². The zero-order valence-corrected chi connectivity index (χ0v) is 16.0. The van der Waals surface area contributed by atoms with E-state index in [1.807, 2.05) is 60.7 Å². The fraction of sp³-hybridized carbons (Fsp3) is 0.200. The number of rotatable bonds is 7. The SMILES string of the molecule is COCCCN1C(=O)S/C(=C\c2ccccc2Sc2ccccc2)C1=O. The van der Waals surface area contributed by atoms with E-state index in [0.717, 1.165) is 27.1 Å². The van der Waals surface area contributed by atoms with Crippen molar-refractivity contribution in [2.45, 2.75) is 16.2 Å². The summed E-state index contributed by atoms with van der Waals surface area (Å²) in [5.41, 5.74) is 0.934. The van der Waals surface area contributed by atoms with Crippen LogP contribution >= 0.6 is 23.5 Å². The molecule has 6 heteroatoms. The van der Waals surface area contributed by atoms with Crippen molar-refractivity contribution in [1.82, 2.24) is 4.90 Å². The Hall–Kier alpha value is -2.02. The predicted octanol–water partition coefficient (Wildman–Crippen LogP) is 4.91. The van der Waals surface area contributed by atoms with Crippen molar-refractivity contribution in [2.24, 2.45) is 0 Å². The minimum Gasteiger partial charge on any atom is -0.385 e. The summed E-state index contributed by atoms with van der Waals surface area (Å²) in [6.07, 6.45) is 2.45. The predicted molar refractivity (Wildman–Crippen MR) is 106 cm³/mol. The lowest BCUT2D eigenvalue weighted by molar-refractivity contribution is -0.122. The van der Waals surface area contributed by atoms with Crippen molar-refractivity contribution < 1.29 is 14.3 Å². The quantitative estimate of drug-likeness (QED) is 0.500. The monoisotopic (exact) mass is 385 g/mol. The smallest absolute Gasteiger partial charge is 0.293 e. The van der Waals surface area contributed by atoms with Gasteiger partial charge in [0, 0.05) is 30.1 Å². The number of hydrogen-bond donors (Lipinski definition) is 0. The number of imide groups is 1. The Morgan fingerprint density at radius 2 is 1.81 bits per heavy atom. The van der Waals surface area contributed by atoms with Crippen LogP contribution in [-0.2, 0) is 9.53 Å². The molecule has 0 atom stereocenters. The summed E-state index contributed by atoms with van der Waals surface area (Å²) in [4.78, 5) is 28.6. The van der Waals surface area contributed by atoms with Gasteiger partial charge < -0.3 is 4.74 Å². The summed E-state index contributed by atoms with van der Waals surface area (Å²) in [5.74, 6) is -0.226. The summed E-state index contributed by atoms with van der Waals surface area (Å²) in [5, 5.41) is -0.217. The average Bonchev–Trinajstić information content (AvgIpc) is 2.92. The number of ether oxygens (including phenoxy) is 1. The minimum atomic E-state index is -0.226. The van der Waals surface area contributed by atoms with Gasteiger partial charge in [0.1, 0.15) is 0 Å². The second kappa shape index (κ2) is 9.07. The lowest BCUT2D eigenvalue weighted by Gasteiger charge is -2.11. The van der Waals surface area contributed by atoms with E-state index >= 15 is 0 Å². The molecule has 0 unspecified atom stereocenters.